The summed E-state index contributed by atoms with van der Waals surface area (Å²) in [7, 11) is 0. The molecule has 2 N–H and O–H groups in total. The Kier molecular flexibility index (Phi) is 3.28. The molecule has 1 unspecified atom stereocenters. The van der Waals surface area contributed by atoms with Crippen molar-refractivity contribution in [1.82, 2.24) is 10.6 Å². The van der Waals surface area contributed by atoms with Crippen molar-refractivity contribution in [2.45, 2.75) is 44.6 Å². The molecule has 0 saturated heterocycles. The molecule has 24 heavy (non-hydrogen) atoms. The van der Waals surface area contributed by atoms with Gasteiger partial charge in [0.25, 0.3) is 0 Å². The van der Waals surface area contributed by atoms with Crippen molar-refractivity contribution in [3.05, 3.63) is 47.4 Å². The van der Waals surface area contributed by atoms with Crippen LogP contribution in [0.4, 0.5) is 4.39 Å². The van der Waals surface area contributed by atoms with Gasteiger partial charge in [-0.2, -0.15) is 0 Å². The average molecular weight is 342 g/mol. The SMILES string of the molecule is Fc1cccc(C2C=C(C34CC5CC(CC(C5)C3)C4)NC(=S)N2)c1. The minimum Gasteiger partial charge on any atom is -0.352 e. The Morgan fingerprint density at radius 3 is 2.33 bits per heavy atom. The molecule has 4 bridgehead atoms. The number of thiocarbonyl (C=S) groups is 1. The lowest BCUT2D eigenvalue weighted by molar-refractivity contribution is -0.0331. The van der Waals surface area contributed by atoms with E-state index in [-0.39, 0.29) is 17.3 Å². The summed E-state index contributed by atoms with van der Waals surface area (Å²) in [6.07, 6.45) is 10.5. The van der Waals surface area contributed by atoms with Crippen LogP contribution in [-0.4, -0.2) is 5.11 Å². The molecule has 0 aromatic heterocycles. The highest BCUT2D eigenvalue weighted by Gasteiger charge is 2.53. The topological polar surface area (TPSA) is 24.1 Å². The molecule has 1 heterocycles. The number of hydrogen-bond acceptors (Lipinski definition) is 1. The molecule has 126 valence electrons. The zero-order valence-electron chi connectivity index (χ0n) is 13.7. The number of nitrogens with one attached hydrogen (secondary N) is 2. The lowest BCUT2D eigenvalue weighted by Crippen LogP contribution is -2.53. The minimum atomic E-state index is -0.191. The van der Waals surface area contributed by atoms with Crippen LogP contribution in [0.2, 0.25) is 0 Å². The number of benzene rings is 1. The maximum atomic E-state index is 13.6. The van der Waals surface area contributed by atoms with E-state index in [1.54, 1.807) is 12.1 Å². The third-order valence-electron chi connectivity index (χ3n) is 6.69. The first kappa shape index (κ1) is 14.9. The highest BCUT2D eigenvalue weighted by Crippen LogP contribution is 2.62. The van der Waals surface area contributed by atoms with Crippen LogP contribution in [0.1, 0.15) is 50.1 Å². The summed E-state index contributed by atoms with van der Waals surface area (Å²) in [4.78, 5) is 0. The van der Waals surface area contributed by atoms with Gasteiger partial charge in [-0.1, -0.05) is 12.1 Å². The monoisotopic (exact) mass is 342 g/mol. The van der Waals surface area contributed by atoms with Gasteiger partial charge >= 0.3 is 0 Å². The van der Waals surface area contributed by atoms with E-state index in [4.69, 9.17) is 12.2 Å². The van der Waals surface area contributed by atoms with Gasteiger partial charge in [-0.05, 0) is 92.3 Å². The summed E-state index contributed by atoms with van der Waals surface area (Å²) in [5.74, 6) is 2.50. The summed E-state index contributed by atoms with van der Waals surface area (Å²) >= 11 is 5.49. The molecular formula is C20H23FN2S. The maximum Gasteiger partial charge on any atom is 0.171 e. The first-order valence-electron chi connectivity index (χ1n) is 9.15. The Bertz CT molecular complexity index is 691. The Morgan fingerprint density at radius 1 is 1.04 bits per heavy atom. The standard InChI is InChI=1S/C20H23FN2S/c21-16-3-1-2-15(7-16)17-8-18(23-19(24)22-17)20-9-12-4-13(10-20)6-14(5-12)11-20/h1-3,7-8,12-14,17H,4-6,9-11H2,(H2,22,23,24). The second-order valence-electron chi connectivity index (χ2n) is 8.41. The highest BCUT2D eigenvalue weighted by molar-refractivity contribution is 7.80. The molecule has 1 atom stereocenters. The summed E-state index contributed by atoms with van der Waals surface area (Å²) < 4.78 is 13.6. The van der Waals surface area contributed by atoms with E-state index in [1.165, 1.54) is 50.3 Å². The van der Waals surface area contributed by atoms with Gasteiger partial charge in [-0.3, -0.25) is 0 Å². The minimum absolute atomic E-state index is 0.0301. The second-order valence-corrected chi connectivity index (χ2v) is 8.82. The number of rotatable bonds is 2. The smallest absolute Gasteiger partial charge is 0.171 e. The van der Waals surface area contributed by atoms with Crippen LogP contribution in [0.25, 0.3) is 0 Å². The molecule has 4 aliphatic carbocycles. The van der Waals surface area contributed by atoms with Crippen LogP contribution in [0.15, 0.2) is 36.0 Å². The fourth-order valence-corrected chi connectivity index (χ4v) is 6.42. The predicted molar refractivity (Wildman–Crippen MR) is 96.7 cm³/mol. The molecule has 4 saturated carbocycles. The summed E-state index contributed by atoms with van der Waals surface area (Å²) in [5.41, 5.74) is 2.53. The normalized spacial score (nSPS) is 40.0. The van der Waals surface area contributed by atoms with E-state index >= 15 is 0 Å². The van der Waals surface area contributed by atoms with E-state index in [2.05, 4.69) is 16.7 Å². The Labute approximate surface area is 147 Å². The largest absolute Gasteiger partial charge is 0.352 e. The van der Waals surface area contributed by atoms with Gasteiger partial charge in [0.15, 0.2) is 5.11 Å². The van der Waals surface area contributed by atoms with Gasteiger partial charge in [-0.25, -0.2) is 4.39 Å². The van der Waals surface area contributed by atoms with Gasteiger partial charge in [0, 0.05) is 11.1 Å². The fraction of sp³-hybridized carbons (Fsp3) is 0.550. The Morgan fingerprint density at radius 2 is 1.71 bits per heavy atom. The molecule has 0 amide bonds. The van der Waals surface area contributed by atoms with Crippen LogP contribution in [-0.2, 0) is 0 Å². The molecule has 1 aromatic rings. The van der Waals surface area contributed by atoms with Crippen LogP contribution in [0.3, 0.4) is 0 Å². The van der Waals surface area contributed by atoms with E-state index in [0.29, 0.717) is 5.11 Å². The molecule has 2 nitrogen and oxygen atoms in total. The highest BCUT2D eigenvalue weighted by atomic mass is 32.1. The van der Waals surface area contributed by atoms with Crippen molar-refractivity contribution >= 4 is 17.3 Å². The van der Waals surface area contributed by atoms with Crippen LogP contribution in [0, 0.1) is 29.0 Å². The Hall–Kier alpha value is -1.42. The quantitative estimate of drug-likeness (QED) is 0.777. The maximum absolute atomic E-state index is 13.6. The second kappa shape index (κ2) is 5.29. The molecule has 1 aliphatic heterocycles. The zero-order chi connectivity index (χ0) is 16.3. The third-order valence-corrected chi connectivity index (χ3v) is 6.91. The molecular weight excluding hydrogens is 319 g/mol. The van der Waals surface area contributed by atoms with Crippen LogP contribution in [0.5, 0.6) is 0 Å². The number of hydrogen-bond donors (Lipinski definition) is 2. The van der Waals surface area contributed by atoms with Gasteiger partial charge in [0.05, 0.1) is 6.04 Å². The lowest BCUT2D eigenvalue weighted by atomic mass is 9.48. The fourth-order valence-electron chi connectivity index (χ4n) is 6.18. The van der Waals surface area contributed by atoms with Crippen LogP contribution >= 0.6 is 12.2 Å². The first-order valence-corrected chi connectivity index (χ1v) is 9.56. The van der Waals surface area contributed by atoms with Gasteiger partial charge < -0.3 is 10.6 Å². The average Bonchev–Trinajstić information content (AvgIpc) is 2.53. The van der Waals surface area contributed by atoms with Crippen molar-refractivity contribution in [2.75, 3.05) is 0 Å². The van der Waals surface area contributed by atoms with Crippen molar-refractivity contribution in [3.63, 3.8) is 0 Å². The van der Waals surface area contributed by atoms with E-state index in [0.717, 1.165) is 23.3 Å². The van der Waals surface area contributed by atoms with Crippen molar-refractivity contribution in [3.8, 4) is 0 Å². The molecule has 6 rings (SSSR count). The van der Waals surface area contributed by atoms with Crippen LogP contribution < -0.4 is 10.6 Å². The van der Waals surface area contributed by atoms with E-state index in [9.17, 15) is 4.39 Å². The molecule has 4 fully saturated rings. The molecule has 5 aliphatic rings. The number of allylic oxidation sites excluding steroid dienone is 1. The third kappa shape index (κ3) is 2.38. The zero-order valence-corrected chi connectivity index (χ0v) is 14.5. The van der Waals surface area contributed by atoms with Gasteiger partial charge in [0.2, 0.25) is 0 Å². The summed E-state index contributed by atoms with van der Waals surface area (Å²) in [6, 6.07) is 6.82. The summed E-state index contributed by atoms with van der Waals surface area (Å²) in [6.45, 7) is 0. The van der Waals surface area contributed by atoms with E-state index < -0.39 is 0 Å². The van der Waals surface area contributed by atoms with Gasteiger partial charge in [-0.15, -0.1) is 0 Å². The molecule has 0 radical (unpaired) electrons. The molecule has 1 aromatic carbocycles. The molecule has 0 spiro atoms. The molecule has 4 heteroatoms. The number of halogens is 1. The lowest BCUT2D eigenvalue weighted by Gasteiger charge is -2.58. The van der Waals surface area contributed by atoms with E-state index in [1.807, 2.05) is 6.07 Å². The Balaban J connectivity index is 1.51. The van der Waals surface area contributed by atoms with Gasteiger partial charge in [0.1, 0.15) is 5.82 Å². The van der Waals surface area contributed by atoms with Crippen molar-refractivity contribution in [1.29, 1.82) is 0 Å². The summed E-state index contributed by atoms with van der Waals surface area (Å²) in [5, 5.41) is 7.45. The predicted octanol–water partition coefficient (Wildman–Crippen LogP) is 4.44. The van der Waals surface area contributed by atoms with Crippen molar-refractivity contribution in [2.24, 2.45) is 23.2 Å². The van der Waals surface area contributed by atoms with Crippen molar-refractivity contribution < 1.29 is 4.39 Å². The first-order chi connectivity index (χ1) is 11.6.